The number of rotatable bonds is 4. The number of ether oxygens (including phenoxy) is 1. The molecule has 8 nitrogen and oxygen atoms in total. The fraction of sp³-hybridized carbons (Fsp3) is 0.667. The van der Waals surface area contributed by atoms with Crippen molar-refractivity contribution in [2.24, 2.45) is 0 Å². The number of imide groups is 1. The monoisotopic (exact) mass is 284 g/mol. The maximum absolute atomic E-state index is 12.0. The molecule has 2 aliphatic rings. The molecule has 2 aliphatic heterocycles. The number of amides is 3. The number of hydrogen-bond acceptors (Lipinski definition) is 5. The number of carboxylic acids is 1. The highest BCUT2D eigenvalue weighted by Crippen LogP contribution is 2.13. The molecule has 1 unspecified atom stereocenters. The molecule has 0 radical (unpaired) electrons. The molecule has 2 saturated heterocycles. The topological polar surface area (TPSA) is 104 Å². The Bertz CT molecular complexity index is 433. The molecule has 0 saturated carbocycles. The van der Waals surface area contributed by atoms with Gasteiger partial charge in [-0.15, -0.1) is 0 Å². The fourth-order valence-corrected chi connectivity index (χ4v) is 2.26. The summed E-state index contributed by atoms with van der Waals surface area (Å²) in [6, 6.07) is 0. The second-order valence-corrected chi connectivity index (χ2v) is 4.73. The number of carbonyl (C=O) groups is 4. The van der Waals surface area contributed by atoms with E-state index in [1.54, 1.807) is 0 Å². The molecule has 0 aliphatic carbocycles. The maximum Gasteiger partial charge on any atom is 0.334 e. The average Bonchev–Trinajstić information content (AvgIpc) is 2.75. The van der Waals surface area contributed by atoms with Crippen LogP contribution in [0.25, 0.3) is 0 Å². The van der Waals surface area contributed by atoms with Crippen molar-refractivity contribution in [2.45, 2.75) is 25.4 Å². The van der Waals surface area contributed by atoms with Crippen molar-refractivity contribution >= 4 is 23.7 Å². The van der Waals surface area contributed by atoms with Gasteiger partial charge in [0, 0.05) is 32.4 Å². The minimum Gasteiger partial charge on any atom is -0.479 e. The Balaban J connectivity index is 1.84. The van der Waals surface area contributed by atoms with E-state index in [1.807, 2.05) is 0 Å². The van der Waals surface area contributed by atoms with Crippen molar-refractivity contribution in [2.75, 3.05) is 26.2 Å². The summed E-state index contributed by atoms with van der Waals surface area (Å²) in [5.41, 5.74) is 0. The number of hydrogen-bond donors (Lipinski definition) is 1. The summed E-state index contributed by atoms with van der Waals surface area (Å²) >= 11 is 0. The van der Waals surface area contributed by atoms with Crippen molar-refractivity contribution in [3.8, 4) is 0 Å². The van der Waals surface area contributed by atoms with Crippen LogP contribution in [-0.4, -0.2) is 70.9 Å². The van der Waals surface area contributed by atoms with Gasteiger partial charge < -0.3 is 14.7 Å². The van der Waals surface area contributed by atoms with Gasteiger partial charge in [0.05, 0.1) is 13.2 Å². The highest BCUT2D eigenvalue weighted by molar-refractivity contribution is 6.02. The molecule has 3 amide bonds. The molecule has 20 heavy (non-hydrogen) atoms. The molecule has 0 aromatic carbocycles. The smallest absolute Gasteiger partial charge is 0.334 e. The number of likely N-dealkylation sites (tertiary alicyclic amines) is 1. The van der Waals surface area contributed by atoms with Crippen LogP contribution < -0.4 is 0 Å². The normalized spacial score (nSPS) is 23.3. The molecule has 0 aromatic rings. The zero-order valence-corrected chi connectivity index (χ0v) is 10.9. The summed E-state index contributed by atoms with van der Waals surface area (Å²) in [6.45, 7) is 0.552. The lowest BCUT2D eigenvalue weighted by Crippen LogP contribution is -2.49. The van der Waals surface area contributed by atoms with Crippen molar-refractivity contribution in [1.82, 2.24) is 9.80 Å². The van der Waals surface area contributed by atoms with E-state index < -0.39 is 12.1 Å². The van der Waals surface area contributed by atoms with Crippen LogP contribution in [0.3, 0.4) is 0 Å². The fourth-order valence-electron chi connectivity index (χ4n) is 2.26. The summed E-state index contributed by atoms with van der Waals surface area (Å²) in [5, 5.41) is 8.85. The minimum absolute atomic E-state index is 0.00391. The molecule has 1 atom stereocenters. The van der Waals surface area contributed by atoms with E-state index in [2.05, 4.69) is 0 Å². The van der Waals surface area contributed by atoms with Crippen molar-refractivity contribution in [3.05, 3.63) is 0 Å². The third-order valence-electron chi connectivity index (χ3n) is 3.40. The second kappa shape index (κ2) is 6.00. The van der Waals surface area contributed by atoms with Crippen molar-refractivity contribution < 1.29 is 29.0 Å². The Labute approximate surface area is 115 Å². The zero-order chi connectivity index (χ0) is 14.7. The second-order valence-electron chi connectivity index (χ2n) is 4.73. The highest BCUT2D eigenvalue weighted by Gasteiger charge is 2.31. The number of aliphatic carboxylic acids is 1. The van der Waals surface area contributed by atoms with Crippen LogP contribution in [0.15, 0.2) is 0 Å². The molecule has 0 bridgehead atoms. The molecule has 110 valence electrons. The third kappa shape index (κ3) is 3.13. The maximum atomic E-state index is 12.0. The first kappa shape index (κ1) is 14.4. The van der Waals surface area contributed by atoms with Gasteiger partial charge in [0.15, 0.2) is 6.10 Å². The number of carboxylic acid groups (broad SMARTS) is 1. The predicted octanol–water partition coefficient (Wildman–Crippen LogP) is -1.16. The minimum atomic E-state index is -1.10. The van der Waals surface area contributed by atoms with Crippen LogP contribution in [0, 0.1) is 0 Å². The van der Waals surface area contributed by atoms with E-state index in [4.69, 9.17) is 9.84 Å². The summed E-state index contributed by atoms with van der Waals surface area (Å²) < 4.78 is 5.02. The van der Waals surface area contributed by atoms with Crippen LogP contribution >= 0.6 is 0 Å². The number of carbonyl (C=O) groups excluding carboxylic acids is 3. The van der Waals surface area contributed by atoms with Gasteiger partial charge in [-0.05, 0) is 0 Å². The average molecular weight is 284 g/mol. The standard InChI is InChI=1S/C12H16N2O6/c15-9(3-4-14-10(16)1-2-11(14)17)13-5-6-20-8(7-13)12(18)19/h8H,1-7H2,(H,18,19). The van der Waals surface area contributed by atoms with Crippen LogP contribution in [-0.2, 0) is 23.9 Å². The van der Waals surface area contributed by atoms with Gasteiger partial charge in [-0.3, -0.25) is 19.3 Å². The van der Waals surface area contributed by atoms with Crippen molar-refractivity contribution in [1.29, 1.82) is 0 Å². The van der Waals surface area contributed by atoms with Gasteiger partial charge >= 0.3 is 5.97 Å². The Kier molecular flexibility index (Phi) is 4.33. The van der Waals surface area contributed by atoms with Gasteiger partial charge in [0.1, 0.15) is 0 Å². The molecular formula is C12H16N2O6. The summed E-state index contributed by atoms with van der Waals surface area (Å²) in [6.07, 6.45) is -0.594. The lowest BCUT2D eigenvalue weighted by molar-refractivity contribution is -0.159. The molecular weight excluding hydrogens is 268 g/mol. The summed E-state index contributed by atoms with van der Waals surface area (Å²) in [4.78, 5) is 48.1. The van der Waals surface area contributed by atoms with Crippen LogP contribution in [0.1, 0.15) is 19.3 Å². The largest absolute Gasteiger partial charge is 0.479 e. The van der Waals surface area contributed by atoms with Gasteiger partial charge in [0.25, 0.3) is 0 Å². The van der Waals surface area contributed by atoms with Crippen LogP contribution in [0.5, 0.6) is 0 Å². The first-order valence-corrected chi connectivity index (χ1v) is 6.44. The molecule has 8 heteroatoms. The van der Waals surface area contributed by atoms with Gasteiger partial charge in [-0.2, -0.15) is 0 Å². The third-order valence-corrected chi connectivity index (χ3v) is 3.40. The van der Waals surface area contributed by atoms with Crippen LogP contribution in [0.2, 0.25) is 0 Å². The summed E-state index contributed by atoms with van der Waals surface area (Å²) in [7, 11) is 0. The summed E-state index contributed by atoms with van der Waals surface area (Å²) in [5.74, 6) is -1.89. The van der Waals surface area contributed by atoms with Gasteiger partial charge in [-0.25, -0.2) is 4.79 Å². The Morgan fingerprint density at radius 3 is 2.50 bits per heavy atom. The van der Waals surface area contributed by atoms with Gasteiger partial charge in [0.2, 0.25) is 17.7 Å². The van der Waals surface area contributed by atoms with E-state index in [9.17, 15) is 19.2 Å². The van der Waals surface area contributed by atoms with E-state index in [0.29, 0.717) is 6.54 Å². The lowest BCUT2D eigenvalue weighted by Gasteiger charge is -2.31. The quantitative estimate of drug-likeness (QED) is 0.653. The molecule has 2 fully saturated rings. The van der Waals surface area contributed by atoms with E-state index in [1.165, 1.54) is 4.90 Å². The van der Waals surface area contributed by atoms with Crippen LogP contribution in [0.4, 0.5) is 0 Å². The SMILES string of the molecule is O=C(O)C1CN(C(=O)CCN2C(=O)CCC2=O)CCO1. The van der Waals surface area contributed by atoms with Gasteiger partial charge in [-0.1, -0.05) is 0 Å². The highest BCUT2D eigenvalue weighted by atomic mass is 16.5. The Hall–Kier alpha value is -1.96. The molecule has 2 heterocycles. The number of nitrogens with zero attached hydrogens (tertiary/aromatic N) is 2. The lowest BCUT2D eigenvalue weighted by atomic mass is 10.2. The molecule has 0 spiro atoms. The molecule has 0 aromatic heterocycles. The first-order chi connectivity index (χ1) is 9.49. The Morgan fingerprint density at radius 1 is 1.25 bits per heavy atom. The molecule has 2 rings (SSSR count). The van der Waals surface area contributed by atoms with Crippen molar-refractivity contribution in [3.63, 3.8) is 0 Å². The predicted molar refractivity (Wildman–Crippen MR) is 64.5 cm³/mol. The Morgan fingerprint density at radius 2 is 1.90 bits per heavy atom. The zero-order valence-electron chi connectivity index (χ0n) is 10.9. The first-order valence-electron chi connectivity index (χ1n) is 6.44. The van der Waals surface area contributed by atoms with E-state index >= 15 is 0 Å². The van der Waals surface area contributed by atoms with E-state index in [-0.39, 0.29) is 56.7 Å². The molecule has 1 N–H and O–H groups in total. The van der Waals surface area contributed by atoms with E-state index in [0.717, 1.165) is 4.90 Å². The number of morpholine rings is 1.